The predicted molar refractivity (Wildman–Crippen MR) is 65.4 cm³/mol. The van der Waals surface area contributed by atoms with Crippen LogP contribution in [-0.4, -0.2) is 29.8 Å². The highest BCUT2D eigenvalue weighted by molar-refractivity contribution is 5.99. The van der Waals surface area contributed by atoms with Crippen LogP contribution in [0, 0.1) is 0 Å². The number of ether oxygens (including phenoxy) is 2. The Morgan fingerprint density at radius 2 is 2.00 bits per heavy atom. The molecule has 6 heteroatoms. The molecule has 0 aliphatic rings. The van der Waals surface area contributed by atoms with Crippen LogP contribution in [0.5, 0.6) is 0 Å². The summed E-state index contributed by atoms with van der Waals surface area (Å²) in [4.78, 5) is 26.9. The Morgan fingerprint density at radius 3 is 2.56 bits per heavy atom. The van der Waals surface area contributed by atoms with E-state index >= 15 is 0 Å². The predicted octanol–water partition coefficient (Wildman–Crippen LogP) is 2.22. The Balaban J connectivity index is 2.85. The summed E-state index contributed by atoms with van der Waals surface area (Å²) in [6, 6.07) is 1.46. The fourth-order valence-electron chi connectivity index (χ4n) is 1.20. The first-order valence-electron chi connectivity index (χ1n) is 5.36. The summed E-state index contributed by atoms with van der Waals surface area (Å²) in [6.45, 7) is 5.24. The molecule has 0 saturated carbocycles. The third kappa shape index (κ3) is 4.04. The Morgan fingerprint density at radius 1 is 1.33 bits per heavy atom. The molecule has 0 unspecified atom stereocenters. The van der Waals surface area contributed by atoms with Crippen molar-refractivity contribution in [1.82, 2.24) is 4.98 Å². The third-order valence-corrected chi connectivity index (χ3v) is 1.86. The number of hydrogen-bond acceptors (Lipinski definition) is 5. The second-order valence-electron chi connectivity index (χ2n) is 4.54. The number of hydrogen-bond donors (Lipinski definition) is 1. The molecular weight excluding hydrogens is 236 g/mol. The number of methoxy groups -OCH3 is 1. The number of pyridine rings is 1. The average Bonchev–Trinajstić information content (AvgIpc) is 2.26. The van der Waals surface area contributed by atoms with Crippen LogP contribution < -0.4 is 5.32 Å². The monoisotopic (exact) mass is 252 g/mol. The van der Waals surface area contributed by atoms with Gasteiger partial charge >= 0.3 is 12.1 Å². The quantitative estimate of drug-likeness (QED) is 0.816. The zero-order valence-electron chi connectivity index (χ0n) is 10.8. The van der Waals surface area contributed by atoms with Crippen molar-refractivity contribution in [2.45, 2.75) is 26.4 Å². The van der Waals surface area contributed by atoms with Crippen molar-refractivity contribution in [1.29, 1.82) is 0 Å². The van der Waals surface area contributed by atoms with Crippen molar-refractivity contribution in [3.05, 3.63) is 24.0 Å². The number of aromatic nitrogens is 1. The fraction of sp³-hybridized carbons (Fsp3) is 0.417. The van der Waals surface area contributed by atoms with Crippen molar-refractivity contribution in [2.75, 3.05) is 12.4 Å². The van der Waals surface area contributed by atoms with Crippen molar-refractivity contribution in [3.8, 4) is 0 Å². The van der Waals surface area contributed by atoms with Gasteiger partial charge in [-0.25, -0.2) is 9.59 Å². The van der Waals surface area contributed by atoms with Crippen molar-refractivity contribution < 1.29 is 19.1 Å². The highest BCUT2D eigenvalue weighted by Gasteiger charge is 2.19. The number of nitrogens with zero attached hydrogens (tertiary/aromatic N) is 1. The van der Waals surface area contributed by atoms with E-state index in [1.807, 2.05) is 0 Å². The van der Waals surface area contributed by atoms with E-state index in [4.69, 9.17) is 4.74 Å². The van der Waals surface area contributed by atoms with E-state index in [0.29, 0.717) is 0 Å². The summed E-state index contributed by atoms with van der Waals surface area (Å²) in [5.41, 5.74) is -0.144. The summed E-state index contributed by atoms with van der Waals surface area (Å²) in [5, 5.41) is 2.46. The lowest BCUT2D eigenvalue weighted by Gasteiger charge is -2.20. The van der Waals surface area contributed by atoms with Gasteiger partial charge in [-0.05, 0) is 26.8 Å². The second-order valence-corrected chi connectivity index (χ2v) is 4.54. The van der Waals surface area contributed by atoms with Crippen molar-refractivity contribution in [2.24, 2.45) is 0 Å². The summed E-state index contributed by atoms with van der Waals surface area (Å²) in [7, 11) is 1.26. The van der Waals surface area contributed by atoms with E-state index < -0.39 is 17.7 Å². The molecule has 1 aromatic heterocycles. The van der Waals surface area contributed by atoms with E-state index in [9.17, 15) is 9.59 Å². The Bertz CT molecular complexity index is 452. The molecule has 1 rings (SSSR count). The summed E-state index contributed by atoms with van der Waals surface area (Å²) in [5.74, 6) is -0.552. The molecule has 1 aromatic rings. The average molecular weight is 252 g/mol. The van der Waals surface area contributed by atoms with Crippen LogP contribution >= 0.6 is 0 Å². The van der Waals surface area contributed by atoms with Gasteiger partial charge in [0.25, 0.3) is 0 Å². The maximum Gasteiger partial charge on any atom is 0.412 e. The number of rotatable bonds is 2. The van der Waals surface area contributed by atoms with E-state index in [1.165, 1.54) is 25.6 Å². The van der Waals surface area contributed by atoms with Crippen LogP contribution in [0.3, 0.4) is 0 Å². The van der Waals surface area contributed by atoms with E-state index in [-0.39, 0.29) is 11.3 Å². The van der Waals surface area contributed by atoms with Gasteiger partial charge in [0.2, 0.25) is 0 Å². The van der Waals surface area contributed by atoms with Gasteiger partial charge in [-0.15, -0.1) is 0 Å². The van der Waals surface area contributed by atoms with Crippen molar-refractivity contribution >= 4 is 17.7 Å². The molecule has 18 heavy (non-hydrogen) atoms. The smallest absolute Gasteiger partial charge is 0.412 e. The van der Waals surface area contributed by atoms with Crippen LogP contribution in [0.4, 0.5) is 10.5 Å². The lowest BCUT2D eigenvalue weighted by atomic mass is 10.2. The lowest BCUT2D eigenvalue weighted by Crippen LogP contribution is -2.27. The highest BCUT2D eigenvalue weighted by atomic mass is 16.6. The zero-order chi connectivity index (χ0) is 13.8. The molecular formula is C12H16N2O4. The normalized spacial score (nSPS) is 10.7. The number of carbonyl (C=O) groups is 2. The van der Waals surface area contributed by atoms with Crippen molar-refractivity contribution in [3.63, 3.8) is 0 Å². The molecule has 0 atom stereocenters. The molecule has 0 spiro atoms. The van der Waals surface area contributed by atoms with Gasteiger partial charge in [-0.3, -0.25) is 10.3 Å². The minimum absolute atomic E-state index is 0.221. The molecule has 6 nitrogen and oxygen atoms in total. The Kier molecular flexibility index (Phi) is 4.25. The molecule has 1 amide bonds. The zero-order valence-corrected chi connectivity index (χ0v) is 10.8. The van der Waals surface area contributed by atoms with Crippen LogP contribution in [-0.2, 0) is 9.47 Å². The van der Waals surface area contributed by atoms with Gasteiger partial charge in [0.05, 0.1) is 24.6 Å². The van der Waals surface area contributed by atoms with E-state index in [2.05, 4.69) is 15.0 Å². The first kappa shape index (κ1) is 14.0. The van der Waals surface area contributed by atoms with Gasteiger partial charge in [0, 0.05) is 6.20 Å². The minimum atomic E-state index is -0.652. The largest absolute Gasteiger partial charge is 0.465 e. The maximum atomic E-state index is 11.6. The Labute approximate surface area is 105 Å². The standard InChI is InChI=1S/C12H16N2O4/c1-12(2,3)18-11(16)14-9-7-13-6-5-8(9)10(15)17-4/h5-7H,1-4H3,(H,14,16). The van der Waals surface area contributed by atoms with Gasteiger partial charge in [0.1, 0.15) is 5.60 Å². The maximum absolute atomic E-state index is 11.6. The summed E-state index contributed by atoms with van der Waals surface area (Å²) >= 11 is 0. The van der Waals surface area contributed by atoms with E-state index in [1.54, 1.807) is 20.8 Å². The molecule has 0 bridgehead atoms. The van der Waals surface area contributed by atoms with Gasteiger partial charge < -0.3 is 9.47 Å². The molecule has 0 aliphatic heterocycles. The fourth-order valence-corrected chi connectivity index (χ4v) is 1.20. The molecule has 1 heterocycles. The van der Waals surface area contributed by atoms with E-state index in [0.717, 1.165) is 0 Å². The van der Waals surface area contributed by atoms with Gasteiger partial charge in [-0.1, -0.05) is 0 Å². The second kappa shape index (κ2) is 5.48. The number of carbonyl (C=O) groups excluding carboxylic acids is 2. The SMILES string of the molecule is COC(=O)c1ccncc1NC(=O)OC(C)(C)C. The van der Waals surface area contributed by atoms with Crippen LogP contribution in [0.25, 0.3) is 0 Å². The molecule has 0 aliphatic carbocycles. The van der Waals surface area contributed by atoms with Crippen LogP contribution in [0.15, 0.2) is 18.5 Å². The minimum Gasteiger partial charge on any atom is -0.465 e. The number of esters is 1. The molecule has 0 fully saturated rings. The number of amides is 1. The topological polar surface area (TPSA) is 77.5 Å². The lowest BCUT2D eigenvalue weighted by molar-refractivity contribution is 0.0601. The van der Waals surface area contributed by atoms with Crippen LogP contribution in [0.2, 0.25) is 0 Å². The summed E-state index contributed by atoms with van der Waals surface area (Å²) < 4.78 is 9.68. The van der Waals surface area contributed by atoms with Crippen LogP contribution in [0.1, 0.15) is 31.1 Å². The molecule has 98 valence electrons. The third-order valence-electron chi connectivity index (χ3n) is 1.86. The number of nitrogens with one attached hydrogen (secondary N) is 1. The first-order valence-corrected chi connectivity index (χ1v) is 5.36. The first-order chi connectivity index (χ1) is 8.33. The highest BCUT2D eigenvalue weighted by Crippen LogP contribution is 2.16. The summed E-state index contributed by atoms with van der Waals surface area (Å²) in [6.07, 6.45) is 2.14. The molecule has 0 aromatic carbocycles. The molecule has 0 radical (unpaired) electrons. The molecule has 1 N–H and O–H groups in total. The van der Waals surface area contributed by atoms with Gasteiger partial charge in [-0.2, -0.15) is 0 Å². The molecule has 0 saturated heterocycles. The number of anilines is 1. The Hall–Kier alpha value is -2.11. The van der Waals surface area contributed by atoms with Gasteiger partial charge in [0.15, 0.2) is 0 Å².